The number of allylic oxidation sites excluding steroid dienone is 1. The predicted octanol–water partition coefficient (Wildman–Crippen LogP) is 5.75. The second-order valence-electron chi connectivity index (χ2n) is 7.11. The Balaban J connectivity index is 1.78. The zero-order chi connectivity index (χ0) is 20.8. The van der Waals surface area contributed by atoms with Crippen LogP contribution in [0.4, 0.5) is 15.8 Å². The van der Waals surface area contributed by atoms with Crippen molar-refractivity contribution in [1.82, 2.24) is 0 Å². The van der Waals surface area contributed by atoms with Crippen LogP contribution in [0.15, 0.2) is 72.8 Å². The van der Waals surface area contributed by atoms with E-state index in [2.05, 4.69) is 29.2 Å². The molecule has 0 fully saturated rings. The minimum atomic E-state index is -0.362. The molecule has 3 nitrogen and oxygen atoms in total. The third-order valence-corrected chi connectivity index (χ3v) is 4.75. The number of benzene rings is 3. The van der Waals surface area contributed by atoms with Gasteiger partial charge >= 0.3 is 0 Å². The van der Waals surface area contributed by atoms with Gasteiger partial charge in [0, 0.05) is 25.5 Å². The Morgan fingerprint density at radius 3 is 2.03 bits per heavy atom. The first-order valence-electron chi connectivity index (χ1n) is 9.52. The van der Waals surface area contributed by atoms with Crippen molar-refractivity contribution in [3.8, 4) is 11.1 Å². The van der Waals surface area contributed by atoms with E-state index in [4.69, 9.17) is 0 Å². The van der Waals surface area contributed by atoms with Crippen molar-refractivity contribution in [2.75, 3.05) is 23.9 Å². The van der Waals surface area contributed by atoms with Gasteiger partial charge in [-0.25, -0.2) is 4.39 Å². The lowest BCUT2D eigenvalue weighted by Gasteiger charge is -2.18. The summed E-state index contributed by atoms with van der Waals surface area (Å²) < 4.78 is 13.9. The molecule has 0 unspecified atom stereocenters. The molecule has 29 heavy (non-hydrogen) atoms. The molecule has 3 aromatic rings. The maximum Gasteiger partial charge on any atom is 0.214 e. The minimum absolute atomic E-state index is 0.362. The highest BCUT2D eigenvalue weighted by atomic mass is 19.1. The van der Waals surface area contributed by atoms with Crippen molar-refractivity contribution in [2.45, 2.75) is 13.5 Å². The fraction of sp³-hybridized carbons (Fsp3) is 0.160. The Morgan fingerprint density at radius 2 is 1.48 bits per heavy atom. The van der Waals surface area contributed by atoms with E-state index >= 15 is 0 Å². The average Bonchev–Trinajstić information content (AvgIpc) is 2.72. The van der Waals surface area contributed by atoms with Gasteiger partial charge in [-0.05, 0) is 59.5 Å². The summed E-state index contributed by atoms with van der Waals surface area (Å²) in [6, 6.07) is 21.1. The van der Waals surface area contributed by atoms with Gasteiger partial charge in [0.15, 0.2) is 0 Å². The topological polar surface area (TPSA) is 23.6 Å². The van der Waals surface area contributed by atoms with Crippen LogP contribution in [0, 0.1) is 5.82 Å². The van der Waals surface area contributed by atoms with Crippen LogP contribution < -0.4 is 9.80 Å². The molecule has 0 saturated heterocycles. The number of halogens is 1. The smallest absolute Gasteiger partial charge is 0.214 e. The van der Waals surface area contributed by atoms with Crippen LogP contribution in [0.3, 0.4) is 0 Å². The van der Waals surface area contributed by atoms with Crippen LogP contribution in [0.1, 0.15) is 18.1 Å². The molecule has 0 aromatic heterocycles. The summed E-state index contributed by atoms with van der Waals surface area (Å²) in [4.78, 5) is 15.2. The fourth-order valence-electron chi connectivity index (χ4n) is 3.19. The van der Waals surface area contributed by atoms with Crippen molar-refractivity contribution < 1.29 is 9.18 Å². The highest BCUT2D eigenvalue weighted by Gasteiger charge is 2.09. The summed E-state index contributed by atoms with van der Waals surface area (Å²) >= 11 is 0. The van der Waals surface area contributed by atoms with E-state index in [1.165, 1.54) is 17.0 Å². The summed E-state index contributed by atoms with van der Waals surface area (Å²) in [5.74, 6) is -0.362. The third kappa shape index (κ3) is 5.11. The molecule has 0 aliphatic heterocycles. The number of carbonyl (C=O) groups excluding carboxylic acids is 1. The summed E-state index contributed by atoms with van der Waals surface area (Å²) in [7, 11) is 4.03. The predicted molar refractivity (Wildman–Crippen MR) is 120 cm³/mol. The number of carbonyl (C=O) groups is 1. The van der Waals surface area contributed by atoms with Gasteiger partial charge in [0.1, 0.15) is 5.82 Å². The number of nitrogens with zero attached hydrogens (tertiary/aromatic N) is 2. The first-order valence-corrected chi connectivity index (χ1v) is 9.52. The van der Waals surface area contributed by atoms with Crippen molar-refractivity contribution in [2.24, 2.45) is 0 Å². The minimum Gasteiger partial charge on any atom is -0.378 e. The Morgan fingerprint density at radius 1 is 0.862 bits per heavy atom. The van der Waals surface area contributed by atoms with Crippen LogP contribution in [-0.2, 0) is 11.3 Å². The van der Waals surface area contributed by atoms with E-state index in [9.17, 15) is 9.18 Å². The molecule has 3 aromatic carbocycles. The van der Waals surface area contributed by atoms with Crippen LogP contribution in [0.5, 0.6) is 0 Å². The van der Waals surface area contributed by atoms with Crippen molar-refractivity contribution in [3.63, 3.8) is 0 Å². The molecular weight excluding hydrogens is 363 g/mol. The van der Waals surface area contributed by atoms with Crippen molar-refractivity contribution >= 4 is 23.9 Å². The lowest BCUT2D eigenvalue weighted by atomic mass is 10.0. The normalized spacial score (nSPS) is 10.9. The molecule has 0 aliphatic rings. The van der Waals surface area contributed by atoms with Gasteiger partial charge in [-0.3, -0.25) is 4.79 Å². The second kappa shape index (κ2) is 9.20. The average molecular weight is 388 g/mol. The Hall–Kier alpha value is -3.40. The van der Waals surface area contributed by atoms with E-state index in [1.807, 2.05) is 57.4 Å². The van der Waals surface area contributed by atoms with Crippen molar-refractivity contribution in [1.29, 1.82) is 0 Å². The molecule has 0 aliphatic carbocycles. The Labute approximate surface area is 171 Å². The lowest BCUT2D eigenvalue weighted by Crippen LogP contribution is -2.20. The molecule has 0 atom stereocenters. The van der Waals surface area contributed by atoms with Crippen molar-refractivity contribution in [3.05, 3.63) is 89.8 Å². The highest BCUT2D eigenvalue weighted by molar-refractivity contribution is 5.76. The molecule has 4 heteroatoms. The van der Waals surface area contributed by atoms with E-state index in [1.54, 1.807) is 6.07 Å². The first kappa shape index (κ1) is 20.3. The van der Waals surface area contributed by atoms with Crippen LogP contribution in [-0.4, -0.2) is 20.5 Å². The molecule has 0 spiro atoms. The number of amides is 1. The highest BCUT2D eigenvalue weighted by Crippen LogP contribution is 2.24. The number of anilines is 2. The van der Waals surface area contributed by atoms with Gasteiger partial charge in [0.2, 0.25) is 6.41 Å². The van der Waals surface area contributed by atoms with Gasteiger partial charge in [0.05, 0.1) is 6.54 Å². The number of hydrogen-bond donors (Lipinski definition) is 0. The molecule has 0 N–H and O–H groups in total. The number of rotatable bonds is 7. The van der Waals surface area contributed by atoms with E-state index in [0.29, 0.717) is 12.2 Å². The zero-order valence-electron chi connectivity index (χ0n) is 17.0. The van der Waals surface area contributed by atoms with E-state index in [-0.39, 0.29) is 5.82 Å². The fourth-order valence-corrected chi connectivity index (χ4v) is 3.19. The number of hydrogen-bond acceptors (Lipinski definition) is 2. The summed E-state index contributed by atoms with van der Waals surface area (Å²) in [5.41, 5.74) is 5.64. The van der Waals surface area contributed by atoms with Gasteiger partial charge in [-0.2, -0.15) is 0 Å². The van der Waals surface area contributed by atoms with E-state index in [0.717, 1.165) is 34.4 Å². The van der Waals surface area contributed by atoms with Crippen LogP contribution >= 0.6 is 0 Å². The maximum atomic E-state index is 13.9. The summed E-state index contributed by atoms with van der Waals surface area (Å²) in [6.45, 7) is 2.25. The summed E-state index contributed by atoms with van der Waals surface area (Å²) in [6.07, 6.45) is 4.39. The molecular formula is C25H25FN2O. The second-order valence-corrected chi connectivity index (χ2v) is 7.11. The van der Waals surface area contributed by atoms with Gasteiger partial charge in [-0.1, -0.05) is 48.6 Å². The molecule has 3 rings (SSSR count). The zero-order valence-corrected chi connectivity index (χ0v) is 17.0. The molecule has 1 amide bonds. The van der Waals surface area contributed by atoms with Crippen LogP contribution in [0.25, 0.3) is 17.2 Å². The van der Waals surface area contributed by atoms with Gasteiger partial charge in [-0.15, -0.1) is 0 Å². The summed E-state index contributed by atoms with van der Waals surface area (Å²) in [5, 5.41) is 0. The monoisotopic (exact) mass is 388 g/mol. The Kier molecular flexibility index (Phi) is 6.45. The standard InChI is InChI=1S/C25H25FN2O/c1-4-5-20-14-23(26)16-25(15-20)28(18-29)17-19-6-8-21(9-7-19)22-10-12-24(13-11-22)27(2)3/h4-16,18H,17H2,1-3H3/b5-4+. The maximum absolute atomic E-state index is 13.9. The molecule has 0 radical (unpaired) electrons. The third-order valence-electron chi connectivity index (χ3n) is 4.75. The largest absolute Gasteiger partial charge is 0.378 e. The molecule has 0 heterocycles. The molecule has 0 bridgehead atoms. The van der Waals surface area contributed by atoms with E-state index < -0.39 is 0 Å². The van der Waals surface area contributed by atoms with Crippen LogP contribution in [0.2, 0.25) is 0 Å². The Bertz CT molecular complexity index is 992. The molecule has 0 saturated carbocycles. The molecule has 148 valence electrons. The lowest BCUT2D eigenvalue weighted by molar-refractivity contribution is -0.107. The van der Waals surface area contributed by atoms with Gasteiger partial charge < -0.3 is 9.80 Å². The first-order chi connectivity index (χ1) is 14.0. The van der Waals surface area contributed by atoms with Gasteiger partial charge in [0.25, 0.3) is 0 Å². The quantitative estimate of drug-likeness (QED) is 0.481. The SMILES string of the molecule is C/C=C/c1cc(F)cc(N(C=O)Cc2ccc(-c3ccc(N(C)C)cc3)cc2)c1.